The summed E-state index contributed by atoms with van der Waals surface area (Å²) < 4.78 is 7.16. The highest BCUT2D eigenvalue weighted by Gasteiger charge is 2.16. The van der Waals surface area contributed by atoms with Crippen molar-refractivity contribution in [2.75, 3.05) is 25.6 Å². The molecule has 18 heavy (non-hydrogen) atoms. The second-order valence-electron chi connectivity index (χ2n) is 3.87. The molecule has 0 saturated heterocycles. The van der Waals surface area contributed by atoms with Crippen LogP contribution in [-0.2, 0) is 4.74 Å². The molecule has 1 atom stereocenters. The van der Waals surface area contributed by atoms with Crippen molar-refractivity contribution in [3.63, 3.8) is 0 Å². The van der Waals surface area contributed by atoms with E-state index in [4.69, 9.17) is 4.74 Å². The molecule has 1 unspecified atom stereocenters. The van der Waals surface area contributed by atoms with Gasteiger partial charge in [-0.05, 0) is 6.42 Å². The first-order valence-electron chi connectivity index (χ1n) is 6.01. The van der Waals surface area contributed by atoms with Gasteiger partial charge in [-0.25, -0.2) is 9.97 Å². The number of imidazole rings is 1. The van der Waals surface area contributed by atoms with Crippen LogP contribution in [0.15, 0.2) is 24.0 Å². The van der Waals surface area contributed by atoms with Crippen LogP contribution in [0.1, 0.15) is 24.4 Å². The quantitative estimate of drug-likeness (QED) is 0.782. The van der Waals surface area contributed by atoms with Gasteiger partial charge in [-0.1, -0.05) is 6.92 Å². The van der Waals surface area contributed by atoms with Crippen LogP contribution in [0.2, 0.25) is 0 Å². The summed E-state index contributed by atoms with van der Waals surface area (Å²) in [4.78, 5) is 8.74. The maximum atomic E-state index is 5.03. The van der Waals surface area contributed by atoms with E-state index in [-0.39, 0.29) is 6.04 Å². The molecule has 2 rings (SSSR count). The van der Waals surface area contributed by atoms with Gasteiger partial charge >= 0.3 is 0 Å². The molecule has 0 aliphatic heterocycles. The van der Waals surface area contributed by atoms with E-state index < -0.39 is 0 Å². The molecule has 1 N–H and O–H groups in total. The van der Waals surface area contributed by atoms with Crippen molar-refractivity contribution in [2.45, 2.75) is 19.4 Å². The van der Waals surface area contributed by atoms with E-state index in [1.54, 1.807) is 18.4 Å². The molecular formula is C12H18N4OS. The second kappa shape index (κ2) is 6.51. The van der Waals surface area contributed by atoms with Gasteiger partial charge in [0.25, 0.3) is 0 Å². The molecule has 0 aliphatic rings. The summed E-state index contributed by atoms with van der Waals surface area (Å²) in [5, 5.41) is 6.40. The number of nitrogens with zero attached hydrogens (tertiary/aromatic N) is 3. The zero-order valence-electron chi connectivity index (χ0n) is 10.7. The third-order valence-corrected chi connectivity index (χ3v) is 3.59. The lowest BCUT2D eigenvalue weighted by Gasteiger charge is -2.17. The van der Waals surface area contributed by atoms with Gasteiger partial charge in [-0.15, -0.1) is 11.3 Å². The molecule has 0 radical (unpaired) electrons. The minimum atomic E-state index is 0.248. The van der Waals surface area contributed by atoms with E-state index in [9.17, 15) is 0 Å². The Hall–Kier alpha value is -1.40. The van der Waals surface area contributed by atoms with Gasteiger partial charge in [0.05, 0.1) is 12.6 Å². The summed E-state index contributed by atoms with van der Waals surface area (Å²) in [5.41, 5.74) is 0. The van der Waals surface area contributed by atoms with Crippen LogP contribution < -0.4 is 5.32 Å². The van der Waals surface area contributed by atoms with E-state index in [1.807, 2.05) is 24.0 Å². The summed E-state index contributed by atoms with van der Waals surface area (Å²) in [5.74, 6) is 0.870. The average Bonchev–Trinajstić information content (AvgIpc) is 3.03. The van der Waals surface area contributed by atoms with Crippen LogP contribution in [0.5, 0.6) is 0 Å². The van der Waals surface area contributed by atoms with Crippen LogP contribution in [0.4, 0.5) is 5.95 Å². The van der Waals surface area contributed by atoms with E-state index in [2.05, 4.69) is 26.8 Å². The van der Waals surface area contributed by atoms with E-state index >= 15 is 0 Å². The fourth-order valence-corrected chi connectivity index (χ4v) is 2.68. The largest absolute Gasteiger partial charge is 0.383 e. The van der Waals surface area contributed by atoms with Crippen molar-refractivity contribution >= 4 is 17.3 Å². The van der Waals surface area contributed by atoms with E-state index in [0.29, 0.717) is 6.61 Å². The van der Waals surface area contributed by atoms with Crippen LogP contribution in [0.25, 0.3) is 0 Å². The fourth-order valence-electron chi connectivity index (χ4n) is 1.86. The highest BCUT2D eigenvalue weighted by molar-refractivity contribution is 7.09. The predicted octanol–water partition coefficient (Wildman–Crippen LogP) is 2.40. The van der Waals surface area contributed by atoms with Gasteiger partial charge < -0.3 is 14.6 Å². The highest BCUT2D eigenvalue weighted by atomic mass is 32.1. The lowest BCUT2D eigenvalue weighted by Crippen LogP contribution is -2.16. The van der Waals surface area contributed by atoms with Crippen LogP contribution >= 0.6 is 11.3 Å². The number of ether oxygens (including phenoxy) is 1. The molecule has 0 aliphatic carbocycles. The molecule has 98 valence electrons. The van der Waals surface area contributed by atoms with Gasteiger partial charge in [-0.2, -0.15) is 0 Å². The van der Waals surface area contributed by atoms with Crippen LogP contribution in [0, 0.1) is 0 Å². The van der Waals surface area contributed by atoms with Crippen molar-refractivity contribution in [1.29, 1.82) is 0 Å². The Morgan fingerprint density at radius 3 is 3.00 bits per heavy atom. The lowest BCUT2D eigenvalue weighted by atomic mass is 10.2. The van der Waals surface area contributed by atoms with Crippen LogP contribution in [-0.4, -0.2) is 34.8 Å². The molecule has 2 aromatic heterocycles. The summed E-state index contributed by atoms with van der Waals surface area (Å²) in [6, 6.07) is 0.248. The molecule has 2 aromatic rings. The zero-order chi connectivity index (χ0) is 12.8. The first-order chi connectivity index (χ1) is 8.86. The molecule has 5 nitrogen and oxygen atoms in total. The maximum absolute atomic E-state index is 5.03. The number of rotatable bonds is 7. The Bertz CT molecular complexity index is 454. The molecule has 0 aromatic carbocycles. The zero-order valence-corrected chi connectivity index (χ0v) is 11.5. The minimum absolute atomic E-state index is 0.248. The Labute approximate surface area is 111 Å². The monoisotopic (exact) mass is 266 g/mol. The molecule has 0 amide bonds. The van der Waals surface area contributed by atoms with Crippen molar-refractivity contribution in [3.8, 4) is 0 Å². The molecule has 2 heterocycles. The summed E-state index contributed by atoms with van der Waals surface area (Å²) in [7, 11) is 1.69. The van der Waals surface area contributed by atoms with E-state index in [0.717, 1.165) is 23.9 Å². The number of aromatic nitrogens is 3. The first kappa shape index (κ1) is 13.0. The lowest BCUT2D eigenvalue weighted by molar-refractivity contribution is 0.210. The Morgan fingerprint density at radius 2 is 2.33 bits per heavy atom. The molecule has 0 spiro atoms. The molecule has 0 saturated carbocycles. The number of thiazole rings is 1. The number of anilines is 1. The maximum Gasteiger partial charge on any atom is 0.203 e. The normalized spacial score (nSPS) is 12.6. The van der Waals surface area contributed by atoms with Gasteiger partial charge in [0, 0.05) is 37.6 Å². The third kappa shape index (κ3) is 2.88. The highest BCUT2D eigenvalue weighted by Crippen LogP contribution is 2.26. The van der Waals surface area contributed by atoms with Gasteiger partial charge in [0.15, 0.2) is 0 Å². The van der Waals surface area contributed by atoms with Gasteiger partial charge in [0.1, 0.15) is 5.01 Å². The smallest absolute Gasteiger partial charge is 0.203 e. The molecule has 6 heteroatoms. The molecule has 0 bridgehead atoms. The Kier molecular flexibility index (Phi) is 4.72. The number of hydrogen-bond donors (Lipinski definition) is 1. The Balaban J connectivity index is 2.13. The topological polar surface area (TPSA) is 52.0 Å². The van der Waals surface area contributed by atoms with Crippen LogP contribution in [0.3, 0.4) is 0 Å². The standard InChI is InChI=1S/C12H18N4OS/c1-3-10(11-13-6-9-18-11)16-7-4-14-12(16)15-5-8-17-2/h4,6-7,9-10H,3,5,8H2,1-2H3,(H,14,15). The van der Waals surface area contributed by atoms with Crippen molar-refractivity contribution in [1.82, 2.24) is 14.5 Å². The first-order valence-corrected chi connectivity index (χ1v) is 6.89. The number of nitrogens with one attached hydrogen (secondary N) is 1. The predicted molar refractivity (Wildman–Crippen MR) is 73.1 cm³/mol. The summed E-state index contributed by atoms with van der Waals surface area (Å²) in [6.45, 7) is 3.58. The van der Waals surface area contributed by atoms with Gasteiger partial charge in [-0.3, -0.25) is 0 Å². The minimum Gasteiger partial charge on any atom is -0.383 e. The SMILES string of the molecule is CCC(c1nccs1)n1ccnc1NCCOC. The summed E-state index contributed by atoms with van der Waals surface area (Å²) in [6.07, 6.45) is 6.64. The molecular weight excluding hydrogens is 248 g/mol. The van der Waals surface area contributed by atoms with Crippen molar-refractivity contribution < 1.29 is 4.74 Å². The summed E-state index contributed by atoms with van der Waals surface area (Å²) >= 11 is 1.68. The van der Waals surface area contributed by atoms with Crippen molar-refractivity contribution in [2.24, 2.45) is 0 Å². The number of methoxy groups -OCH3 is 1. The van der Waals surface area contributed by atoms with E-state index in [1.165, 1.54) is 0 Å². The average molecular weight is 266 g/mol. The number of hydrogen-bond acceptors (Lipinski definition) is 5. The van der Waals surface area contributed by atoms with Crippen molar-refractivity contribution in [3.05, 3.63) is 29.0 Å². The Morgan fingerprint density at radius 1 is 1.44 bits per heavy atom. The second-order valence-corrected chi connectivity index (χ2v) is 4.80. The fraction of sp³-hybridized carbons (Fsp3) is 0.500. The molecule has 0 fully saturated rings. The third-order valence-electron chi connectivity index (χ3n) is 2.72. The van der Waals surface area contributed by atoms with Gasteiger partial charge in [0.2, 0.25) is 5.95 Å².